The third kappa shape index (κ3) is 9.92. The Labute approximate surface area is 85.8 Å². The normalized spacial score (nSPS) is 13.1. The van der Waals surface area contributed by atoms with Crippen LogP contribution in [0.25, 0.3) is 0 Å². The van der Waals surface area contributed by atoms with Crippen LogP contribution < -0.4 is 0 Å². The first-order valence-electron chi connectivity index (χ1n) is 5.29. The van der Waals surface area contributed by atoms with E-state index >= 15 is 0 Å². The summed E-state index contributed by atoms with van der Waals surface area (Å²) in [7, 11) is 0. The smallest absolute Gasteiger partial charge is 0.154 e. The molecular weight excluding hydrogens is 184 g/mol. The molecule has 86 valence electrons. The summed E-state index contributed by atoms with van der Waals surface area (Å²) in [5.41, 5.74) is 0. The lowest BCUT2D eigenvalue weighted by Crippen LogP contribution is -2.12. The summed E-state index contributed by atoms with van der Waals surface area (Å²) < 4.78 is 10.3. The molecule has 0 aromatic rings. The predicted octanol–water partition coefficient (Wildman–Crippen LogP) is 0.911. The fourth-order valence-electron chi connectivity index (χ4n) is 0.916. The lowest BCUT2D eigenvalue weighted by atomic mass is 10.3. The number of hydrogen-bond acceptors (Lipinski definition) is 4. The van der Waals surface area contributed by atoms with Gasteiger partial charge in [0.15, 0.2) is 6.29 Å². The summed E-state index contributed by atoms with van der Waals surface area (Å²) in [6.07, 6.45) is 2.48. The average Bonchev–Trinajstić information content (AvgIpc) is 2.21. The first-order chi connectivity index (χ1) is 6.81. The summed E-state index contributed by atoms with van der Waals surface area (Å²) >= 11 is 0. The maximum atomic E-state index is 9.04. The minimum Gasteiger partial charge on any atom is -0.396 e. The zero-order valence-corrected chi connectivity index (χ0v) is 8.95. The van der Waals surface area contributed by atoms with Crippen LogP contribution in [0.3, 0.4) is 0 Å². The zero-order chi connectivity index (χ0) is 10.6. The Morgan fingerprint density at radius 3 is 2.43 bits per heavy atom. The maximum absolute atomic E-state index is 9.04. The molecule has 0 spiro atoms. The van der Waals surface area contributed by atoms with Gasteiger partial charge in [0.1, 0.15) is 0 Å². The van der Waals surface area contributed by atoms with E-state index in [0.717, 1.165) is 19.3 Å². The molecule has 0 amide bonds. The molecule has 0 aliphatic carbocycles. The Bertz CT molecular complexity index is 108. The minimum absolute atomic E-state index is 0.231. The standard InChI is InChI=1S/C10H22O4/c1-2-10(12)14-9-5-8-13-7-4-3-6-11/h10-12H,2-9H2,1H3. The Morgan fingerprint density at radius 2 is 1.79 bits per heavy atom. The molecule has 0 heterocycles. The number of hydrogen-bond donors (Lipinski definition) is 2. The Hall–Kier alpha value is -0.160. The molecule has 0 saturated heterocycles. The first-order valence-corrected chi connectivity index (χ1v) is 5.29. The van der Waals surface area contributed by atoms with Crippen molar-refractivity contribution in [2.45, 2.75) is 38.9 Å². The summed E-state index contributed by atoms with van der Waals surface area (Å²) in [4.78, 5) is 0. The number of rotatable bonds is 10. The fourth-order valence-corrected chi connectivity index (χ4v) is 0.916. The van der Waals surface area contributed by atoms with E-state index in [1.54, 1.807) is 0 Å². The van der Waals surface area contributed by atoms with Crippen molar-refractivity contribution in [1.29, 1.82) is 0 Å². The van der Waals surface area contributed by atoms with E-state index in [1.807, 2.05) is 6.92 Å². The van der Waals surface area contributed by atoms with Gasteiger partial charge in [-0.05, 0) is 25.7 Å². The number of aliphatic hydroxyl groups is 2. The van der Waals surface area contributed by atoms with Gasteiger partial charge in [-0.25, -0.2) is 0 Å². The second-order valence-corrected chi connectivity index (χ2v) is 3.13. The molecule has 0 fully saturated rings. The zero-order valence-electron chi connectivity index (χ0n) is 8.95. The summed E-state index contributed by atoms with van der Waals surface area (Å²) in [5, 5.41) is 17.5. The third-order valence-electron chi connectivity index (χ3n) is 1.79. The molecule has 14 heavy (non-hydrogen) atoms. The van der Waals surface area contributed by atoms with Gasteiger partial charge in [0.25, 0.3) is 0 Å². The highest BCUT2D eigenvalue weighted by atomic mass is 16.6. The topological polar surface area (TPSA) is 58.9 Å². The molecule has 4 heteroatoms. The highest BCUT2D eigenvalue weighted by Crippen LogP contribution is 1.95. The van der Waals surface area contributed by atoms with Crippen LogP contribution in [0.4, 0.5) is 0 Å². The lowest BCUT2D eigenvalue weighted by molar-refractivity contribution is -0.104. The fraction of sp³-hybridized carbons (Fsp3) is 1.00. The lowest BCUT2D eigenvalue weighted by Gasteiger charge is -2.09. The third-order valence-corrected chi connectivity index (χ3v) is 1.79. The van der Waals surface area contributed by atoms with E-state index in [4.69, 9.17) is 19.7 Å². The molecule has 0 aliphatic heterocycles. The van der Waals surface area contributed by atoms with Crippen LogP contribution in [0.15, 0.2) is 0 Å². The summed E-state index contributed by atoms with van der Waals surface area (Å²) in [6, 6.07) is 0. The molecule has 0 saturated carbocycles. The molecule has 1 atom stereocenters. The van der Waals surface area contributed by atoms with Crippen molar-refractivity contribution in [3.05, 3.63) is 0 Å². The maximum Gasteiger partial charge on any atom is 0.154 e. The molecule has 0 rings (SSSR count). The number of unbranched alkanes of at least 4 members (excludes halogenated alkanes) is 1. The molecular formula is C10H22O4. The predicted molar refractivity (Wildman–Crippen MR) is 54.0 cm³/mol. The molecule has 1 unspecified atom stereocenters. The molecule has 0 bridgehead atoms. The van der Waals surface area contributed by atoms with Crippen molar-refractivity contribution < 1.29 is 19.7 Å². The van der Waals surface area contributed by atoms with Crippen molar-refractivity contribution in [3.8, 4) is 0 Å². The van der Waals surface area contributed by atoms with E-state index in [2.05, 4.69) is 0 Å². The van der Waals surface area contributed by atoms with E-state index in [1.165, 1.54) is 0 Å². The van der Waals surface area contributed by atoms with Crippen molar-refractivity contribution in [3.63, 3.8) is 0 Å². The molecule has 0 radical (unpaired) electrons. The quantitative estimate of drug-likeness (QED) is 0.412. The van der Waals surface area contributed by atoms with Crippen LogP contribution in [0, 0.1) is 0 Å². The van der Waals surface area contributed by atoms with Crippen LogP contribution in [-0.4, -0.2) is 42.9 Å². The SMILES string of the molecule is CCC(O)OCCCOCCCCO. The summed E-state index contributed by atoms with van der Waals surface area (Å²) in [5.74, 6) is 0. The van der Waals surface area contributed by atoms with Crippen molar-refractivity contribution in [2.24, 2.45) is 0 Å². The monoisotopic (exact) mass is 206 g/mol. The molecule has 0 aliphatic rings. The van der Waals surface area contributed by atoms with E-state index < -0.39 is 6.29 Å². The van der Waals surface area contributed by atoms with Gasteiger partial charge in [-0.3, -0.25) is 0 Å². The van der Waals surface area contributed by atoms with Crippen LogP contribution in [0.1, 0.15) is 32.6 Å². The average molecular weight is 206 g/mol. The molecule has 2 N–H and O–H groups in total. The highest BCUT2D eigenvalue weighted by molar-refractivity contribution is 4.40. The summed E-state index contributed by atoms with van der Waals surface area (Å²) in [6.45, 7) is 3.99. The minimum atomic E-state index is -0.635. The van der Waals surface area contributed by atoms with Crippen molar-refractivity contribution in [2.75, 3.05) is 26.4 Å². The van der Waals surface area contributed by atoms with Crippen LogP contribution in [0.2, 0.25) is 0 Å². The van der Waals surface area contributed by atoms with Gasteiger partial charge in [-0.2, -0.15) is 0 Å². The molecule has 4 nitrogen and oxygen atoms in total. The van der Waals surface area contributed by atoms with Gasteiger partial charge in [0.2, 0.25) is 0 Å². The van der Waals surface area contributed by atoms with Crippen LogP contribution >= 0.6 is 0 Å². The van der Waals surface area contributed by atoms with Crippen LogP contribution in [-0.2, 0) is 9.47 Å². The second-order valence-electron chi connectivity index (χ2n) is 3.13. The first kappa shape index (κ1) is 13.8. The van der Waals surface area contributed by atoms with Gasteiger partial charge in [0, 0.05) is 19.8 Å². The number of aliphatic hydroxyl groups excluding tert-OH is 2. The van der Waals surface area contributed by atoms with Crippen LogP contribution in [0.5, 0.6) is 0 Å². The molecule has 0 aromatic carbocycles. The van der Waals surface area contributed by atoms with E-state index in [0.29, 0.717) is 26.2 Å². The Balaban J connectivity index is 2.92. The second kappa shape index (κ2) is 10.9. The van der Waals surface area contributed by atoms with E-state index in [-0.39, 0.29) is 6.61 Å². The van der Waals surface area contributed by atoms with Gasteiger partial charge in [-0.15, -0.1) is 0 Å². The van der Waals surface area contributed by atoms with Gasteiger partial charge >= 0.3 is 0 Å². The molecule has 0 aromatic heterocycles. The van der Waals surface area contributed by atoms with Gasteiger partial charge in [0.05, 0.1) is 6.61 Å². The Morgan fingerprint density at radius 1 is 1.07 bits per heavy atom. The van der Waals surface area contributed by atoms with Crippen molar-refractivity contribution in [1.82, 2.24) is 0 Å². The number of ether oxygens (including phenoxy) is 2. The van der Waals surface area contributed by atoms with Gasteiger partial charge in [-0.1, -0.05) is 6.92 Å². The van der Waals surface area contributed by atoms with E-state index in [9.17, 15) is 0 Å². The van der Waals surface area contributed by atoms with Gasteiger partial charge < -0.3 is 19.7 Å². The Kier molecular flexibility index (Phi) is 10.8. The largest absolute Gasteiger partial charge is 0.396 e. The highest BCUT2D eigenvalue weighted by Gasteiger charge is 1.98. The van der Waals surface area contributed by atoms with Crippen molar-refractivity contribution >= 4 is 0 Å².